The molecule has 3 aliphatic heterocycles. The number of anilines is 1. The van der Waals surface area contributed by atoms with Crippen LogP contribution in [-0.2, 0) is 4.79 Å². The van der Waals surface area contributed by atoms with Crippen LogP contribution in [0.25, 0.3) is 10.8 Å². The Balaban J connectivity index is 1.66. The van der Waals surface area contributed by atoms with E-state index in [1.54, 1.807) is 4.90 Å². The van der Waals surface area contributed by atoms with Crippen LogP contribution in [0.3, 0.4) is 0 Å². The van der Waals surface area contributed by atoms with E-state index >= 15 is 0 Å². The van der Waals surface area contributed by atoms with Gasteiger partial charge in [-0.05, 0) is 17.9 Å². The lowest BCUT2D eigenvalue weighted by molar-refractivity contribution is -0.120. The molecule has 0 saturated carbocycles. The minimum Gasteiger partial charge on any atom is -0.309 e. The standard InChI is InChI=1S/C17H15N3O2/c21-16-15-13-8-11(9-18-13)19(15)17(22)20(16)14-7-3-5-10-4-1-2-6-12(10)14/h1-7,11,13,15,18H,8-9H2. The highest BCUT2D eigenvalue weighted by Crippen LogP contribution is 2.39. The van der Waals surface area contributed by atoms with Crippen LogP contribution in [0.2, 0.25) is 0 Å². The van der Waals surface area contributed by atoms with Gasteiger partial charge in [0, 0.05) is 24.0 Å². The Morgan fingerprint density at radius 3 is 2.73 bits per heavy atom. The molecule has 3 fully saturated rings. The molecule has 0 spiro atoms. The van der Waals surface area contributed by atoms with E-state index in [0.717, 1.165) is 23.7 Å². The Labute approximate surface area is 127 Å². The van der Waals surface area contributed by atoms with Crippen molar-refractivity contribution in [1.82, 2.24) is 10.2 Å². The van der Waals surface area contributed by atoms with E-state index in [0.29, 0.717) is 5.69 Å². The highest BCUT2D eigenvalue weighted by Gasteiger charge is 2.59. The van der Waals surface area contributed by atoms with Crippen molar-refractivity contribution in [3.05, 3.63) is 42.5 Å². The van der Waals surface area contributed by atoms with Gasteiger partial charge in [0.15, 0.2) is 0 Å². The molecule has 3 atom stereocenters. The highest BCUT2D eigenvalue weighted by atomic mass is 16.2. The Kier molecular flexibility index (Phi) is 2.26. The number of piperazine rings is 1. The first kappa shape index (κ1) is 12.2. The van der Waals surface area contributed by atoms with Crippen LogP contribution in [0, 0.1) is 0 Å². The number of nitrogens with one attached hydrogen (secondary N) is 1. The molecule has 5 rings (SSSR count). The molecular formula is C17H15N3O2. The molecule has 2 aromatic rings. The second-order valence-electron chi connectivity index (χ2n) is 6.21. The number of carbonyl (C=O) groups is 2. The summed E-state index contributed by atoms with van der Waals surface area (Å²) in [6.45, 7) is 0.795. The maximum absolute atomic E-state index is 12.9. The molecule has 2 bridgehead atoms. The molecule has 5 heteroatoms. The predicted molar refractivity (Wildman–Crippen MR) is 82.7 cm³/mol. The number of carbonyl (C=O) groups excluding carboxylic acids is 2. The lowest BCUT2D eigenvalue weighted by Crippen LogP contribution is -2.51. The average molecular weight is 293 g/mol. The third-order valence-electron chi connectivity index (χ3n) is 5.11. The first-order chi connectivity index (χ1) is 10.8. The summed E-state index contributed by atoms with van der Waals surface area (Å²) in [7, 11) is 0. The summed E-state index contributed by atoms with van der Waals surface area (Å²) in [6.07, 6.45) is 0.894. The third-order valence-corrected chi connectivity index (χ3v) is 5.11. The summed E-state index contributed by atoms with van der Waals surface area (Å²) in [6, 6.07) is 13.4. The first-order valence-corrected chi connectivity index (χ1v) is 7.63. The van der Waals surface area contributed by atoms with Gasteiger partial charge in [-0.3, -0.25) is 4.79 Å². The van der Waals surface area contributed by atoms with Gasteiger partial charge in [-0.1, -0.05) is 36.4 Å². The van der Waals surface area contributed by atoms with Crippen LogP contribution in [0.4, 0.5) is 10.5 Å². The van der Waals surface area contributed by atoms with Crippen molar-refractivity contribution in [3.8, 4) is 0 Å². The van der Waals surface area contributed by atoms with Crippen LogP contribution in [0.5, 0.6) is 0 Å². The van der Waals surface area contributed by atoms with Gasteiger partial charge in [0.1, 0.15) is 6.04 Å². The average Bonchev–Trinajstić information content (AvgIpc) is 3.21. The molecule has 3 heterocycles. The second kappa shape index (κ2) is 4.08. The number of imide groups is 1. The molecule has 3 unspecified atom stereocenters. The smallest absolute Gasteiger partial charge is 0.309 e. The van der Waals surface area contributed by atoms with Gasteiger partial charge >= 0.3 is 6.03 Å². The van der Waals surface area contributed by atoms with Crippen molar-refractivity contribution in [2.24, 2.45) is 0 Å². The van der Waals surface area contributed by atoms with Crippen LogP contribution in [-0.4, -0.2) is 41.5 Å². The minimum atomic E-state index is -0.329. The zero-order valence-corrected chi connectivity index (χ0v) is 11.9. The Morgan fingerprint density at radius 1 is 1.05 bits per heavy atom. The zero-order valence-electron chi connectivity index (χ0n) is 11.9. The number of hydrogen-bond donors (Lipinski definition) is 1. The van der Waals surface area contributed by atoms with Crippen LogP contribution in [0.15, 0.2) is 42.5 Å². The molecule has 3 aliphatic rings. The molecule has 110 valence electrons. The first-order valence-electron chi connectivity index (χ1n) is 7.63. The SMILES string of the molecule is O=C1C2C3CC(CN3)N2C(=O)N1c1cccc2ccccc12. The van der Waals surface area contributed by atoms with Gasteiger partial charge in [0.05, 0.1) is 5.69 Å². The minimum absolute atomic E-state index is 0.0962. The largest absolute Gasteiger partial charge is 0.332 e. The highest BCUT2D eigenvalue weighted by molar-refractivity contribution is 6.25. The summed E-state index contributed by atoms with van der Waals surface area (Å²) in [4.78, 5) is 28.8. The molecule has 0 aliphatic carbocycles. The van der Waals surface area contributed by atoms with Gasteiger partial charge in [-0.25, -0.2) is 9.69 Å². The number of rotatable bonds is 1. The van der Waals surface area contributed by atoms with E-state index in [4.69, 9.17) is 0 Å². The number of hydrogen-bond acceptors (Lipinski definition) is 3. The number of amides is 3. The fraction of sp³-hybridized carbons (Fsp3) is 0.294. The molecule has 22 heavy (non-hydrogen) atoms. The van der Waals surface area contributed by atoms with E-state index in [2.05, 4.69) is 5.32 Å². The molecular weight excluding hydrogens is 278 g/mol. The Bertz CT molecular complexity index is 785. The molecule has 3 amide bonds. The van der Waals surface area contributed by atoms with Gasteiger partial charge in [0.25, 0.3) is 5.91 Å². The molecule has 0 aromatic heterocycles. The normalized spacial score (nSPS) is 29.7. The topological polar surface area (TPSA) is 52.7 Å². The number of benzene rings is 2. The van der Waals surface area contributed by atoms with Gasteiger partial charge < -0.3 is 10.2 Å². The third kappa shape index (κ3) is 1.37. The van der Waals surface area contributed by atoms with E-state index in [1.165, 1.54) is 4.90 Å². The van der Waals surface area contributed by atoms with Crippen LogP contribution >= 0.6 is 0 Å². The van der Waals surface area contributed by atoms with Crippen molar-refractivity contribution >= 4 is 28.4 Å². The maximum Gasteiger partial charge on any atom is 0.332 e. The molecule has 2 aromatic carbocycles. The Hall–Kier alpha value is -2.40. The molecule has 5 nitrogen and oxygen atoms in total. The van der Waals surface area contributed by atoms with E-state index in [9.17, 15) is 9.59 Å². The fourth-order valence-corrected chi connectivity index (χ4v) is 4.15. The Morgan fingerprint density at radius 2 is 1.86 bits per heavy atom. The van der Waals surface area contributed by atoms with Crippen molar-refractivity contribution in [2.45, 2.75) is 24.5 Å². The molecule has 3 saturated heterocycles. The van der Waals surface area contributed by atoms with Crippen molar-refractivity contribution < 1.29 is 9.59 Å². The summed E-state index contributed by atoms with van der Waals surface area (Å²) < 4.78 is 0. The predicted octanol–water partition coefficient (Wildman–Crippen LogP) is 1.72. The van der Waals surface area contributed by atoms with E-state index in [1.807, 2.05) is 42.5 Å². The van der Waals surface area contributed by atoms with Gasteiger partial charge in [-0.15, -0.1) is 0 Å². The maximum atomic E-state index is 12.9. The van der Waals surface area contributed by atoms with Crippen molar-refractivity contribution in [2.75, 3.05) is 11.4 Å². The number of urea groups is 1. The molecule has 1 N–H and O–H groups in total. The van der Waals surface area contributed by atoms with E-state index in [-0.39, 0.29) is 30.1 Å². The van der Waals surface area contributed by atoms with Gasteiger partial charge in [0.2, 0.25) is 0 Å². The summed E-state index contributed by atoms with van der Waals surface area (Å²) >= 11 is 0. The quantitative estimate of drug-likeness (QED) is 0.815. The fourth-order valence-electron chi connectivity index (χ4n) is 4.15. The second-order valence-corrected chi connectivity index (χ2v) is 6.21. The monoisotopic (exact) mass is 293 g/mol. The van der Waals surface area contributed by atoms with Crippen LogP contribution in [0.1, 0.15) is 6.42 Å². The lowest BCUT2D eigenvalue weighted by atomic mass is 10.1. The zero-order chi connectivity index (χ0) is 14.8. The summed E-state index contributed by atoms with van der Waals surface area (Å²) in [5.74, 6) is -0.0962. The van der Waals surface area contributed by atoms with Crippen molar-refractivity contribution in [3.63, 3.8) is 0 Å². The summed E-state index contributed by atoms with van der Waals surface area (Å²) in [5.41, 5.74) is 0.696. The van der Waals surface area contributed by atoms with Crippen LogP contribution < -0.4 is 10.2 Å². The number of nitrogens with zero attached hydrogens (tertiary/aromatic N) is 2. The van der Waals surface area contributed by atoms with Crippen molar-refractivity contribution in [1.29, 1.82) is 0 Å². The summed E-state index contributed by atoms with van der Waals surface area (Å²) in [5, 5.41) is 5.32. The lowest BCUT2D eigenvalue weighted by Gasteiger charge is -2.26. The van der Waals surface area contributed by atoms with Gasteiger partial charge in [-0.2, -0.15) is 0 Å². The molecule has 0 radical (unpaired) electrons. The van der Waals surface area contributed by atoms with E-state index < -0.39 is 0 Å². The number of fused-ring (bicyclic) bond motifs is 6.